The second-order valence-electron chi connectivity index (χ2n) is 6.13. The lowest BCUT2D eigenvalue weighted by atomic mass is 10.1. The minimum absolute atomic E-state index is 0.0859. The van der Waals surface area contributed by atoms with Crippen LogP contribution in [0.2, 0.25) is 0 Å². The summed E-state index contributed by atoms with van der Waals surface area (Å²) in [6.07, 6.45) is 3.53. The van der Waals surface area contributed by atoms with E-state index in [9.17, 15) is 0 Å². The SMILES string of the molecule is CCCCCOc1ccc(OC)cc1CNC(C)(C)C. The molecule has 1 N–H and O–H groups in total. The number of hydrogen-bond acceptors (Lipinski definition) is 3. The van der Waals surface area contributed by atoms with E-state index in [0.29, 0.717) is 0 Å². The van der Waals surface area contributed by atoms with Gasteiger partial charge >= 0.3 is 0 Å². The highest BCUT2D eigenvalue weighted by atomic mass is 16.5. The lowest BCUT2D eigenvalue weighted by Crippen LogP contribution is -2.35. The molecule has 1 aromatic carbocycles. The van der Waals surface area contributed by atoms with Crippen molar-refractivity contribution in [3.05, 3.63) is 23.8 Å². The summed E-state index contributed by atoms with van der Waals surface area (Å²) in [4.78, 5) is 0. The van der Waals surface area contributed by atoms with E-state index in [1.165, 1.54) is 12.8 Å². The highest BCUT2D eigenvalue weighted by Crippen LogP contribution is 2.25. The van der Waals surface area contributed by atoms with Gasteiger partial charge in [0.2, 0.25) is 0 Å². The van der Waals surface area contributed by atoms with Crippen LogP contribution in [0, 0.1) is 0 Å². The predicted octanol–water partition coefficient (Wildman–Crippen LogP) is 4.15. The van der Waals surface area contributed by atoms with Crippen molar-refractivity contribution in [3.8, 4) is 11.5 Å². The van der Waals surface area contributed by atoms with Gasteiger partial charge in [0.15, 0.2) is 0 Å². The highest BCUT2D eigenvalue weighted by molar-refractivity contribution is 5.40. The molecule has 114 valence electrons. The molecule has 1 aromatic rings. The molecule has 1 rings (SSSR count). The van der Waals surface area contributed by atoms with Gasteiger partial charge in [0.25, 0.3) is 0 Å². The van der Waals surface area contributed by atoms with Crippen LogP contribution in [-0.4, -0.2) is 19.3 Å². The Hall–Kier alpha value is -1.22. The zero-order chi connectivity index (χ0) is 15.0. The Labute approximate surface area is 123 Å². The van der Waals surface area contributed by atoms with Crippen molar-refractivity contribution >= 4 is 0 Å². The molecular weight excluding hydrogens is 250 g/mol. The molecule has 0 bridgehead atoms. The van der Waals surface area contributed by atoms with Crippen LogP contribution in [0.25, 0.3) is 0 Å². The summed E-state index contributed by atoms with van der Waals surface area (Å²) in [5, 5.41) is 3.50. The van der Waals surface area contributed by atoms with Crippen molar-refractivity contribution in [1.29, 1.82) is 0 Å². The van der Waals surface area contributed by atoms with E-state index in [0.717, 1.165) is 36.6 Å². The maximum atomic E-state index is 5.91. The Balaban J connectivity index is 2.70. The van der Waals surface area contributed by atoms with Crippen LogP contribution in [0.15, 0.2) is 18.2 Å². The standard InChI is InChI=1S/C17H29NO2/c1-6-7-8-11-20-16-10-9-15(19-5)12-14(16)13-18-17(2,3)4/h9-10,12,18H,6-8,11,13H2,1-5H3. The Morgan fingerprint density at radius 2 is 1.90 bits per heavy atom. The molecule has 0 saturated carbocycles. The molecule has 0 aliphatic rings. The molecule has 0 aliphatic carbocycles. The molecule has 0 atom stereocenters. The molecule has 3 nitrogen and oxygen atoms in total. The minimum Gasteiger partial charge on any atom is -0.497 e. The quantitative estimate of drug-likeness (QED) is 0.725. The van der Waals surface area contributed by atoms with Crippen molar-refractivity contribution in [2.45, 2.75) is 59.0 Å². The van der Waals surface area contributed by atoms with Crippen LogP contribution in [0.1, 0.15) is 52.5 Å². The van der Waals surface area contributed by atoms with Gasteiger partial charge in [-0.25, -0.2) is 0 Å². The maximum Gasteiger partial charge on any atom is 0.124 e. The average Bonchev–Trinajstić information content (AvgIpc) is 2.41. The monoisotopic (exact) mass is 279 g/mol. The van der Waals surface area contributed by atoms with Crippen molar-refractivity contribution in [2.75, 3.05) is 13.7 Å². The number of nitrogens with one attached hydrogen (secondary N) is 1. The first kappa shape index (κ1) is 16.8. The van der Waals surface area contributed by atoms with E-state index in [-0.39, 0.29) is 5.54 Å². The van der Waals surface area contributed by atoms with Crippen LogP contribution >= 0.6 is 0 Å². The van der Waals surface area contributed by atoms with E-state index in [2.05, 4.69) is 33.0 Å². The fraction of sp³-hybridized carbons (Fsp3) is 0.647. The molecule has 0 aromatic heterocycles. The van der Waals surface area contributed by atoms with Gasteiger partial charge in [0.05, 0.1) is 13.7 Å². The Kier molecular flexibility index (Phi) is 6.86. The summed E-state index contributed by atoms with van der Waals surface area (Å²) in [6.45, 7) is 10.2. The largest absolute Gasteiger partial charge is 0.497 e. The third-order valence-electron chi connectivity index (χ3n) is 3.08. The summed E-state index contributed by atoms with van der Waals surface area (Å²) >= 11 is 0. The normalized spacial score (nSPS) is 11.4. The number of benzene rings is 1. The Morgan fingerprint density at radius 3 is 2.50 bits per heavy atom. The van der Waals surface area contributed by atoms with E-state index >= 15 is 0 Å². The van der Waals surface area contributed by atoms with E-state index in [1.54, 1.807) is 7.11 Å². The van der Waals surface area contributed by atoms with Crippen molar-refractivity contribution in [2.24, 2.45) is 0 Å². The van der Waals surface area contributed by atoms with Gasteiger partial charge in [-0.2, -0.15) is 0 Å². The molecule has 20 heavy (non-hydrogen) atoms. The molecule has 0 fully saturated rings. The molecule has 0 saturated heterocycles. The third-order valence-corrected chi connectivity index (χ3v) is 3.08. The summed E-state index contributed by atoms with van der Waals surface area (Å²) in [5.41, 5.74) is 1.23. The minimum atomic E-state index is 0.0859. The number of hydrogen-bond donors (Lipinski definition) is 1. The predicted molar refractivity (Wildman–Crippen MR) is 84.6 cm³/mol. The van der Waals surface area contributed by atoms with E-state index < -0.39 is 0 Å². The number of ether oxygens (including phenoxy) is 2. The van der Waals surface area contributed by atoms with Gasteiger partial charge in [0.1, 0.15) is 11.5 Å². The maximum absolute atomic E-state index is 5.91. The first-order valence-electron chi connectivity index (χ1n) is 7.51. The first-order chi connectivity index (χ1) is 9.46. The third kappa shape index (κ3) is 6.29. The number of methoxy groups -OCH3 is 1. The van der Waals surface area contributed by atoms with Gasteiger partial charge in [-0.3, -0.25) is 0 Å². The smallest absolute Gasteiger partial charge is 0.124 e. The van der Waals surface area contributed by atoms with E-state index in [4.69, 9.17) is 9.47 Å². The molecule has 3 heteroatoms. The van der Waals surface area contributed by atoms with Crippen LogP contribution in [-0.2, 0) is 6.54 Å². The second kappa shape index (κ2) is 8.15. The first-order valence-corrected chi connectivity index (χ1v) is 7.51. The molecular formula is C17H29NO2. The van der Waals surface area contributed by atoms with Crippen molar-refractivity contribution in [3.63, 3.8) is 0 Å². The fourth-order valence-electron chi connectivity index (χ4n) is 1.86. The molecule has 0 amide bonds. The summed E-state index contributed by atoms with van der Waals surface area (Å²) in [7, 11) is 1.69. The van der Waals surface area contributed by atoms with Crippen molar-refractivity contribution in [1.82, 2.24) is 5.32 Å². The molecule has 0 radical (unpaired) electrons. The molecule has 0 aliphatic heterocycles. The van der Waals surface area contributed by atoms with Gasteiger partial charge in [0, 0.05) is 17.6 Å². The average molecular weight is 279 g/mol. The molecule has 0 unspecified atom stereocenters. The zero-order valence-electron chi connectivity index (χ0n) is 13.6. The topological polar surface area (TPSA) is 30.5 Å². The van der Waals surface area contributed by atoms with Gasteiger partial charge in [-0.1, -0.05) is 19.8 Å². The Morgan fingerprint density at radius 1 is 1.15 bits per heavy atom. The van der Waals surface area contributed by atoms with Crippen LogP contribution in [0.5, 0.6) is 11.5 Å². The number of unbranched alkanes of at least 4 members (excludes halogenated alkanes) is 2. The molecule has 0 heterocycles. The van der Waals surface area contributed by atoms with Crippen molar-refractivity contribution < 1.29 is 9.47 Å². The highest BCUT2D eigenvalue weighted by Gasteiger charge is 2.12. The summed E-state index contributed by atoms with van der Waals surface area (Å²) in [5.74, 6) is 1.83. The number of rotatable bonds is 8. The molecule has 0 spiro atoms. The van der Waals surface area contributed by atoms with Crippen LogP contribution in [0.3, 0.4) is 0 Å². The summed E-state index contributed by atoms with van der Waals surface area (Å²) < 4.78 is 11.2. The second-order valence-corrected chi connectivity index (χ2v) is 6.13. The lowest BCUT2D eigenvalue weighted by Gasteiger charge is -2.22. The Bertz CT molecular complexity index is 396. The van der Waals surface area contributed by atoms with Gasteiger partial charge in [-0.05, 0) is 45.4 Å². The zero-order valence-corrected chi connectivity index (χ0v) is 13.6. The van der Waals surface area contributed by atoms with Crippen LogP contribution in [0.4, 0.5) is 0 Å². The fourth-order valence-corrected chi connectivity index (χ4v) is 1.86. The summed E-state index contributed by atoms with van der Waals surface area (Å²) in [6, 6.07) is 6.01. The van der Waals surface area contributed by atoms with Gasteiger partial charge in [-0.15, -0.1) is 0 Å². The van der Waals surface area contributed by atoms with Crippen LogP contribution < -0.4 is 14.8 Å². The van der Waals surface area contributed by atoms with E-state index in [1.807, 2.05) is 18.2 Å². The van der Waals surface area contributed by atoms with Gasteiger partial charge < -0.3 is 14.8 Å². The lowest BCUT2D eigenvalue weighted by molar-refractivity contribution is 0.299.